The summed E-state index contributed by atoms with van der Waals surface area (Å²) in [6.45, 7) is 1.61. The van der Waals surface area contributed by atoms with Crippen molar-refractivity contribution in [3.05, 3.63) is 84.4 Å². The zero-order chi connectivity index (χ0) is 22.3. The van der Waals surface area contributed by atoms with Gasteiger partial charge in [-0.2, -0.15) is 0 Å². The monoisotopic (exact) mass is 456 g/mol. The standard InChI is InChI=1S/C23H24N2O4S2/c1-17(18-7-4-3-5-8-18)25-31(27,28)22-13-11-20(12-14-22)29-16-23(26)24-19-9-6-10-21(15-19)30-2/h3-15,17,25H,16H2,1-2H3,(H,24,26)/t17-/m1/s1. The molecule has 2 N–H and O–H groups in total. The van der Waals surface area contributed by atoms with Crippen LogP contribution in [0.4, 0.5) is 5.69 Å². The summed E-state index contributed by atoms with van der Waals surface area (Å²) >= 11 is 1.59. The Morgan fingerprint density at radius 3 is 2.39 bits per heavy atom. The molecular weight excluding hydrogens is 432 g/mol. The second-order valence-corrected chi connectivity index (χ2v) is 9.39. The number of carbonyl (C=O) groups excluding carboxylic acids is 1. The van der Waals surface area contributed by atoms with E-state index in [-0.39, 0.29) is 23.5 Å². The van der Waals surface area contributed by atoms with Crippen molar-refractivity contribution < 1.29 is 17.9 Å². The fourth-order valence-corrected chi connectivity index (χ4v) is 4.56. The molecule has 0 spiro atoms. The summed E-state index contributed by atoms with van der Waals surface area (Å²) in [7, 11) is -3.69. The van der Waals surface area contributed by atoms with Crippen molar-refractivity contribution in [3.8, 4) is 5.75 Å². The van der Waals surface area contributed by atoms with Crippen molar-refractivity contribution in [1.29, 1.82) is 0 Å². The van der Waals surface area contributed by atoms with Crippen LogP contribution in [0.3, 0.4) is 0 Å². The number of nitrogens with one attached hydrogen (secondary N) is 2. The average Bonchev–Trinajstić information content (AvgIpc) is 2.78. The normalized spacial score (nSPS) is 12.2. The number of ether oxygens (including phenoxy) is 1. The second kappa shape index (κ2) is 10.5. The maximum Gasteiger partial charge on any atom is 0.262 e. The topological polar surface area (TPSA) is 84.5 Å². The van der Waals surface area contributed by atoms with Gasteiger partial charge in [0.2, 0.25) is 10.0 Å². The fraction of sp³-hybridized carbons (Fsp3) is 0.174. The SMILES string of the molecule is CSc1cccc(NC(=O)COc2ccc(S(=O)(=O)N[C@H](C)c3ccccc3)cc2)c1. The lowest BCUT2D eigenvalue weighted by atomic mass is 10.1. The molecule has 31 heavy (non-hydrogen) atoms. The third-order valence-corrected chi connectivity index (χ3v) is 6.77. The van der Waals surface area contributed by atoms with Crippen LogP contribution in [0.2, 0.25) is 0 Å². The lowest BCUT2D eigenvalue weighted by Gasteiger charge is -2.15. The van der Waals surface area contributed by atoms with Gasteiger partial charge in [0.15, 0.2) is 6.61 Å². The molecule has 6 nitrogen and oxygen atoms in total. The molecule has 0 bridgehead atoms. The van der Waals surface area contributed by atoms with Crippen molar-refractivity contribution in [2.45, 2.75) is 22.8 Å². The van der Waals surface area contributed by atoms with E-state index >= 15 is 0 Å². The molecule has 3 rings (SSSR count). The zero-order valence-corrected chi connectivity index (χ0v) is 18.9. The zero-order valence-electron chi connectivity index (χ0n) is 17.2. The van der Waals surface area contributed by atoms with Crippen LogP contribution < -0.4 is 14.8 Å². The summed E-state index contributed by atoms with van der Waals surface area (Å²) in [5.41, 5.74) is 1.57. The van der Waals surface area contributed by atoms with Crippen LogP contribution in [0.15, 0.2) is 88.7 Å². The van der Waals surface area contributed by atoms with Gasteiger partial charge in [-0.05, 0) is 61.2 Å². The number of amides is 1. The number of sulfonamides is 1. The van der Waals surface area contributed by atoms with Crippen molar-refractivity contribution in [2.24, 2.45) is 0 Å². The van der Waals surface area contributed by atoms with Gasteiger partial charge in [-0.3, -0.25) is 4.79 Å². The summed E-state index contributed by atoms with van der Waals surface area (Å²) in [5.74, 6) is 0.108. The van der Waals surface area contributed by atoms with E-state index in [4.69, 9.17) is 4.74 Å². The molecule has 0 aromatic heterocycles. The molecule has 0 unspecified atom stereocenters. The van der Waals surface area contributed by atoms with E-state index in [1.165, 1.54) is 24.3 Å². The van der Waals surface area contributed by atoms with Crippen LogP contribution in [0.5, 0.6) is 5.75 Å². The molecule has 3 aromatic carbocycles. The van der Waals surface area contributed by atoms with Gasteiger partial charge in [0, 0.05) is 16.6 Å². The quantitative estimate of drug-likeness (QED) is 0.464. The number of carbonyl (C=O) groups is 1. The van der Waals surface area contributed by atoms with Gasteiger partial charge in [-0.25, -0.2) is 13.1 Å². The van der Waals surface area contributed by atoms with E-state index in [9.17, 15) is 13.2 Å². The van der Waals surface area contributed by atoms with Crippen LogP contribution >= 0.6 is 11.8 Å². The Hall–Kier alpha value is -2.81. The van der Waals surface area contributed by atoms with Crippen LogP contribution in [-0.2, 0) is 14.8 Å². The van der Waals surface area contributed by atoms with E-state index in [0.29, 0.717) is 11.4 Å². The predicted octanol–water partition coefficient (Wildman–Crippen LogP) is 4.47. The largest absolute Gasteiger partial charge is 0.484 e. The maximum atomic E-state index is 12.6. The fourth-order valence-electron chi connectivity index (χ4n) is 2.87. The van der Waals surface area contributed by atoms with Gasteiger partial charge in [-0.1, -0.05) is 36.4 Å². The molecular formula is C23H24N2O4S2. The van der Waals surface area contributed by atoms with Crippen molar-refractivity contribution in [2.75, 3.05) is 18.2 Å². The predicted molar refractivity (Wildman–Crippen MR) is 124 cm³/mol. The molecule has 0 saturated heterocycles. The lowest BCUT2D eigenvalue weighted by molar-refractivity contribution is -0.118. The number of hydrogen-bond donors (Lipinski definition) is 2. The molecule has 1 amide bonds. The van der Waals surface area contributed by atoms with Gasteiger partial charge in [0.25, 0.3) is 5.91 Å². The minimum Gasteiger partial charge on any atom is -0.484 e. The highest BCUT2D eigenvalue weighted by Crippen LogP contribution is 2.21. The van der Waals surface area contributed by atoms with E-state index in [0.717, 1.165) is 10.5 Å². The molecule has 162 valence electrons. The van der Waals surface area contributed by atoms with E-state index in [2.05, 4.69) is 10.0 Å². The number of hydrogen-bond acceptors (Lipinski definition) is 5. The third-order valence-electron chi connectivity index (χ3n) is 4.49. The van der Waals surface area contributed by atoms with Crippen LogP contribution in [0.25, 0.3) is 0 Å². The minimum atomic E-state index is -3.69. The summed E-state index contributed by atoms with van der Waals surface area (Å²) < 4.78 is 33.4. The lowest BCUT2D eigenvalue weighted by Crippen LogP contribution is -2.26. The molecule has 0 aliphatic carbocycles. The molecule has 0 radical (unpaired) electrons. The van der Waals surface area contributed by atoms with E-state index < -0.39 is 10.0 Å². The van der Waals surface area contributed by atoms with Gasteiger partial charge >= 0.3 is 0 Å². The number of anilines is 1. The highest BCUT2D eigenvalue weighted by atomic mass is 32.2. The van der Waals surface area contributed by atoms with Gasteiger partial charge in [0.1, 0.15) is 5.75 Å². The number of thioether (sulfide) groups is 1. The summed E-state index contributed by atoms with van der Waals surface area (Å²) in [4.78, 5) is 13.3. The van der Waals surface area contributed by atoms with Crippen molar-refractivity contribution in [1.82, 2.24) is 4.72 Å². The van der Waals surface area contributed by atoms with Crippen LogP contribution in [0, 0.1) is 0 Å². The smallest absolute Gasteiger partial charge is 0.262 e. The Bertz CT molecular complexity index is 1120. The number of benzene rings is 3. The van der Waals surface area contributed by atoms with Crippen molar-refractivity contribution in [3.63, 3.8) is 0 Å². The summed E-state index contributed by atoms with van der Waals surface area (Å²) in [5, 5.41) is 2.78. The Morgan fingerprint density at radius 1 is 1.00 bits per heavy atom. The molecule has 3 aromatic rings. The highest BCUT2D eigenvalue weighted by molar-refractivity contribution is 7.98. The molecule has 8 heteroatoms. The Kier molecular flexibility index (Phi) is 7.73. The number of rotatable bonds is 9. The highest BCUT2D eigenvalue weighted by Gasteiger charge is 2.18. The van der Waals surface area contributed by atoms with Gasteiger partial charge in [0.05, 0.1) is 4.90 Å². The van der Waals surface area contributed by atoms with E-state index in [1.54, 1.807) is 24.8 Å². The van der Waals surface area contributed by atoms with Crippen molar-refractivity contribution >= 4 is 33.4 Å². The summed E-state index contributed by atoms with van der Waals surface area (Å²) in [6, 6.07) is 22.5. The molecule has 0 fully saturated rings. The first-order chi connectivity index (χ1) is 14.9. The van der Waals surface area contributed by atoms with Crippen LogP contribution in [0.1, 0.15) is 18.5 Å². The van der Waals surface area contributed by atoms with Gasteiger partial charge < -0.3 is 10.1 Å². The Balaban J connectivity index is 1.56. The molecule has 0 aliphatic heterocycles. The third kappa shape index (κ3) is 6.58. The van der Waals surface area contributed by atoms with E-state index in [1.807, 2.05) is 54.8 Å². The first-order valence-corrected chi connectivity index (χ1v) is 12.3. The molecule has 0 aliphatic rings. The van der Waals surface area contributed by atoms with Gasteiger partial charge in [-0.15, -0.1) is 11.8 Å². The Morgan fingerprint density at radius 2 is 1.71 bits per heavy atom. The van der Waals surface area contributed by atoms with Crippen LogP contribution in [-0.4, -0.2) is 27.2 Å². The second-order valence-electron chi connectivity index (χ2n) is 6.79. The summed E-state index contributed by atoms with van der Waals surface area (Å²) in [6.07, 6.45) is 1.96. The average molecular weight is 457 g/mol. The maximum absolute atomic E-state index is 12.6. The molecule has 0 heterocycles. The first-order valence-electron chi connectivity index (χ1n) is 9.61. The minimum absolute atomic E-state index is 0.126. The first kappa shape index (κ1) is 22.9. The Labute approximate surface area is 187 Å². The molecule has 1 atom stereocenters. The molecule has 0 saturated carbocycles.